The molecule has 0 bridgehead atoms. The van der Waals surface area contributed by atoms with Gasteiger partial charge in [0.2, 0.25) is 10.0 Å². The summed E-state index contributed by atoms with van der Waals surface area (Å²) in [7, 11) is -1.61. The number of rotatable bonds is 9. The predicted octanol–water partition coefficient (Wildman–Crippen LogP) is 2.23. The molecule has 0 heterocycles. The normalized spacial score (nSPS) is 11.9. The van der Waals surface area contributed by atoms with Crippen LogP contribution in [0.15, 0.2) is 23.1 Å². The van der Waals surface area contributed by atoms with Gasteiger partial charge in [-0.25, -0.2) is 8.42 Å². The van der Waals surface area contributed by atoms with Gasteiger partial charge in [0.05, 0.1) is 11.5 Å². The molecule has 6 heteroatoms. The summed E-state index contributed by atoms with van der Waals surface area (Å²) in [4.78, 5) is 0.325. The van der Waals surface area contributed by atoms with Gasteiger partial charge in [-0.3, -0.25) is 0 Å². The summed E-state index contributed by atoms with van der Waals surface area (Å²) in [6, 6.07) is 5.07. The number of benzene rings is 1. The summed E-state index contributed by atoms with van der Waals surface area (Å²) in [5.41, 5.74) is 0.855. The fourth-order valence-corrected chi connectivity index (χ4v) is 3.78. The Kier molecular flexibility index (Phi) is 7.14. The Hall–Kier alpha value is -1.11. The average molecular weight is 314 g/mol. The highest BCUT2D eigenvalue weighted by molar-refractivity contribution is 7.89. The molecule has 0 saturated heterocycles. The van der Waals surface area contributed by atoms with E-state index in [1.165, 1.54) is 4.31 Å². The second-order valence-electron chi connectivity index (χ2n) is 4.73. The van der Waals surface area contributed by atoms with Gasteiger partial charge in [-0.15, -0.1) is 0 Å². The molecule has 0 spiro atoms. The molecule has 0 unspecified atom stereocenters. The lowest BCUT2D eigenvalue weighted by molar-refractivity contribution is 0.335. The highest BCUT2D eigenvalue weighted by Crippen LogP contribution is 2.25. The maximum absolute atomic E-state index is 12.6. The van der Waals surface area contributed by atoms with Gasteiger partial charge in [-0.1, -0.05) is 13.8 Å². The van der Waals surface area contributed by atoms with Gasteiger partial charge in [0.25, 0.3) is 0 Å². The topological polar surface area (TPSA) is 58.6 Å². The second kappa shape index (κ2) is 8.36. The Bertz CT molecular complexity index is 544. The summed E-state index contributed by atoms with van der Waals surface area (Å²) < 4.78 is 32.3. The molecule has 0 aromatic heterocycles. The molecule has 0 aliphatic rings. The van der Waals surface area contributed by atoms with Crippen molar-refractivity contribution < 1.29 is 13.2 Å². The molecular formula is C15H26N2O3S. The van der Waals surface area contributed by atoms with E-state index >= 15 is 0 Å². The van der Waals surface area contributed by atoms with Gasteiger partial charge in [0.15, 0.2) is 0 Å². The number of nitrogens with one attached hydrogen (secondary N) is 1. The molecule has 0 saturated carbocycles. The fourth-order valence-electron chi connectivity index (χ4n) is 2.19. The number of ether oxygens (including phenoxy) is 1. The van der Waals surface area contributed by atoms with Crippen molar-refractivity contribution in [3.05, 3.63) is 23.8 Å². The van der Waals surface area contributed by atoms with Crippen molar-refractivity contribution in [1.29, 1.82) is 0 Å². The minimum absolute atomic E-state index is 0.325. The third kappa shape index (κ3) is 4.43. The lowest BCUT2D eigenvalue weighted by Crippen LogP contribution is -2.31. The van der Waals surface area contributed by atoms with Gasteiger partial charge < -0.3 is 10.1 Å². The van der Waals surface area contributed by atoms with Gasteiger partial charge in [0.1, 0.15) is 5.75 Å². The molecule has 0 radical (unpaired) electrons. The highest BCUT2D eigenvalue weighted by atomic mass is 32.2. The zero-order valence-corrected chi connectivity index (χ0v) is 14.2. The van der Waals surface area contributed by atoms with Crippen LogP contribution in [0.3, 0.4) is 0 Å². The summed E-state index contributed by atoms with van der Waals surface area (Å²) in [6.07, 6.45) is 0.799. The smallest absolute Gasteiger partial charge is 0.243 e. The van der Waals surface area contributed by atoms with Crippen LogP contribution in [0.2, 0.25) is 0 Å². The molecule has 5 nitrogen and oxygen atoms in total. The van der Waals surface area contributed by atoms with E-state index in [1.54, 1.807) is 18.2 Å². The third-order valence-corrected chi connectivity index (χ3v) is 5.13. The summed E-state index contributed by atoms with van der Waals surface area (Å²) >= 11 is 0. The van der Waals surface area contributed by atoms with Crippen LogP contribution in [0, 0.1) is 0 Å². The van der Waals surface area contributed by atoms with Crippen LogP contribution in [0.5, 0.6) is 5.75 Å². The molecule has 1 rings (SSSR count). The maximum Gasteiger partial charge on any atom is 0.243 e. The molecule has 1 N–H and O–H groups in total. The van der Waals surface area contributed by atoms with Crippen LogP contribution < -0.4 is 10.1 Å². The van der Waals surface area contributed by atoms with Gasteiger partial charge in [-0.2, -0.15) is 4.31 Å². The van der Waals surface area contributed by atoms with Gasteiger partial charge in [-0.05, 0) is 38.6 Å². The Morgan fingerprint density at radius 2 is 1.95 bits per heavy atom. The zero-order chi connectivity index (χ0) is 15.9. The van der Waals surface area contributed by atoms with Crippen molar-refractivity contribution in [2.24, 2.45) is 0 Å². The molecule has 0 aliphatic heterocycles. The molecule has 0 amide bonds. The van der Waals surface area contributed by atoms with Crippen LogP contribution in [0.4, 0.5) is 0 Å². The summed E-state index contributed by atoms with van der Waals surface area (Å²) in [5, 5.41) is 3.04. The molecule has 0 aliphatic carbocycles. The van der Waals surface area contributed by atoms with Gasteiger partial charge >= 0.3 is 0 Å². The van der Waals surface area contributed by atoms with Crippen LogP contribution in [-0.2, 0) is 16.6 Å². The molecule has 21 heavy (non-hydrogen) atoms. The SMILES string of the molecule is CCCN(CC)S(=O)(=O)c1ccc(OCC)c(CNC)c1. The van der Waals surface area contributed by atoms with Crippen molar-refractivity contribution in [2.75, 3.05) is 26.7 Å². The number of sulfonamides is 1. The molecule has 1 aromatic carbocycles. The summed E-state index contributed by atoms with van der Waals surface area (Å²) in [6.45, 7) is 7.88. The van der Waals surface area contributed by atoms with E-state index in [1.807, 2.05) is 27.8 Å². The van der Waals surface area contributed by atoms with E-state index in [-0.39, 0.29) is 0 Å². The van der Waals surface area contributed by atoms with E-state index in [0.29, 0.717) is 31.1 Å². The van der Waals surface area contributed by atoms with Crippen molar-refractivity contribution in [3.8, 4) is 5.75 Å². The minimum atomic E-state index is -3.44. The minimum Gasteiger partial charge on any atom is -0.494 e. The average Bonchev–Trinajstić information content (AvgIpc) is 2.46. The van der Waals surface area contributed by atoms with E-state index < -0.39 is 10.0 Å². The monoisotopic (exact) mass is 314 g/mol. The molecule has 1 aromatic rings. The van der Waals surface area contributed by atoms with Crippen molar-refractivity contribution in [3.63, 3.8) is 0 Å². The Balaban J connectivity index is 3.20. The molecule has 0 fully saturated rings. The van der Waals surface area contributed by atoms with Crippen molar-refractivity contribution >= 4 is 10.0 Å². The lowest BCUT2D eigenvalue weighted by Gasteiger charge is -2.20. The van der Waals surface area contributed by atoms with Crippen LogP contribution in [0.1, 0.15) is 32.8 Å². The first-order valence-corrected chi connectivity index (χ1v) is 8.85. The van der Waals surface area contributed by atoms with E-state index in [9.17, 15) is 8.42 Å². The first-order chi connectivity index (χ1) is 10.0. The Morgan fingerprint density at radius 3 is 2.48 bits per heavy atom. The molecule has 0 atom stereocenters. The second-order valence-corrected chi connectivity index (χ2v) is 6.67. The first-order valence-electron chi connectivity index (χ1n) is 7.41. The van der Waals surface area contributed by atoms with Crippen molar-refractivity contribution in [1.82, 2.24) is 9.62 Å². The van der Waals surface area contributed by atoms with E-state index in [2.05, 4.69) is 5.32 Å². The van der Waals surface area contributed by atoms with E-state index in [0.717, 1.165) is 17.7 Å². The molecule has 120 valence electrons. The van der Waals surface area contributed by atoms with Gasteiger partial charge in [0, 0.05) is 25.2 Å². The van der Waals surface area contributed by atoms with Crippen LogP contribution in [0.25, 0.3) is 0 Å². The number of nitrogens with zero attached hydrogens (tertiary/aromatic N) is 1. The standard InChI is InChI=1S/C15H26N2O3S/c1-5-10-17(6-2)21(18,19)14-8-9-15(20-7-3)13(11-14)12-16-4/h8-9,11,16H,5-7,10,12H2,1-4H3. The highest BCUT2D eigenvalue weighted by Gasteiger charge is 2.23. The number of hydrogen-bond acceptors (Lipinski definition) is 4. The third-order valence-electron chi connectivity index (χ3n) is 3.16. The van der Waals surface area contributed by atoms with Crippen LogP contribution >= 0.6 is 0 Å². The van der Waals surface area contributed by atoms with Crippen molar-refractivity contribution in [2.45, 2.75) is 38.6 Å². The first kappa shape index (κ1) is 17.9. The zero-order valence-electron chi connectivity index (χ0n) is 13.3. The largest absolute Gasteiger partial charge is 0.494 e. The summed E-state index contributed by atoms with van der Waals surface area (Å²) in [5.74, 6) is 0.726. The lowest BCUT2D eigenvalue weighted by atomic mass is 10.2. The quantitative estimate of drug-likeness (QED) is 0.759. The van der Waals surface area contributed by atoms with Crippen LogP contribution in [-0.4, -0.2) is 39.5 Å². The Labute approximate surface area is 128 Å². The fraction of sp³-hybridized carbons (Fsp3) is 0.600. The maximum atomic E-state index is 12.6. The predicted molar refractivity (Wildman–Crippen MR) is 85.1 cm³/mol. The Morgan fingerprint density at radius 1 is 1.24 bits per heavy atom. The van der Waals surface area contributed by atoms with E-state index in [4.69, 9.17) is 4.74 Å². The number of hydrogen-bond donors (Lipinski definition) is 1. The molecular weight excluding hydrogens is 288 g/mol.